The molecule has 0 bridgehead atoms. The highest BCUT2D eigenvalue weighted by Gasteiger charge is 1.96. The molecule has 0 spiro atoms. The summed E-state index contributed by atoms with van der Waals surface area (Å²) in [4.78, 5) is 10.2. The van der Waals surface area contributed by atoms with Gasteiger partial charge in [0.2, 0.25) is 0 Å². The first-order chi connectivity index (χ1) is 8.79. The molecule has 1 aromatic carbocycles. The number of unbranched alkanes of at least 4 members (excludes halogenated alkanes) is 2. The van der Waals surface area contributed by atoms with Gasteiger partial charge in [0.1, 0.15) is 6.61 Å². The maximum atomic E-state index is 10.2. The number of benzene rings is 1. The normalized spacial score (nSPS) is 10.4. The predicted octanol–water partition coefficient (Wildman–Crippen LogP) is 2.47. The highest BCUT2D eigenvalue weighted by atomic mass is 16.5. The number of hydrogen-bond donors (Lipinski definition) is 1. The number of aliphatic carboxylic acids is 1. The second kappa shape index (κ2) is 9.62. The summed E-state index contributed by atoms with van der Waals surface area (Å²) in [7, 11) is 0. The van der Waals surface area contributed by atoms with Gasteiger partial charge in [-0.05, 0) is 24.8 Å². The average molecular weight is 252 g/mol. The van der Waals surface area contributed by atoms with E-state index in [4.69, 9.17) is 14.6 Å². The lowest BCUT2D eigenvalue weighted by atomic mass is 10.2. The molecule has 0 unspecified atom stereocenters. The smallest absolute Gasteiger partial charge is 0.329 e. The number of carbonyl (C=O) groups is 1. The summed E-state index contributed by atoms with van der Waals surface area (Å²) in [6, 6.07) is 10.1. The molecule has 0 radical (unpaired) electrons. The van der Waals surface area contributed by atoms with Crippen LogP contribution in [0.1, 0.15) is 24.8 Å². The molecule has 0 fully saturated rings. The van der Waals surface area contributed by atoms with E-state index in [2.05, 4.69) is 0 Å². The fourth-order valence-corrected chi connectivity index (χ4v) is 1.51. The van der Waals surface area contributed by atoms with Gasteiger partial charge in [-0.2, -0.15) is 0 Å². The van der Waals surface area contributed by atoms with Crippen molar-refractivity contribution in [3.8, 4) is 0 Å². The summed E-state index contributed by atoms with van der Waals surface area (Å²) in [6.45, 7) is 1.68. The molecule has 0 aromatic heterocycles. The SMILES string of the molecule is O=C(O)COCCCCCOCc1ccccc1. The van der Waals surface area contributed by atoms with Crippen molar-refractivity contribution in [1.82, 2.24) is 0 Å². The number of rotatable bonds is 10. The van der Waals surface area contributed by atoms with Gasteiger partial charge in [-0.1, -0.05) is 30.3 Å². The number of hydrogen-bond acceptors (Lipinski definition) is 3. The molecule has 0 aliphatic rings. The van der Waals surface area contributed by atoms with Gasteiger partial charge >= 0.3 is 5.97 Å². The third-order valence-electron chi connectivity index (χ3n) is 2.41. The summed E-state index contributed by atoms with van der Waals surface area (Å²) >= 11 is 0. The Bertz CT molecular complexity index is 324. The first-order valence-corrected chi connectivity index (χ1v) is 6.20. The Morgan fingerprint density at radius 3 is 2.33 bits per heavy atom. The zero-order valence-corrected chi connectivity index (χ0v) is 10.5. The number of carboxylic acids is 1. The summed E-state index contributed by atoms with van der Waals surface area (Å²) in [6.07, 6.45) is 2.85. The van der Waals surface area contributed by atoms with Crippen LogP contribution in [0.5, 0.6) is 0 Å². The highest BCUT2D eigenvalue weighted by molar-refractivity contribution is 5.67. The fourth-order valence-electron chi connectivity index (χ4n) is 1.51. The Balaban J connectivity index is 1.86. The molecule has 0 saturated carbocycles. The van der Waals surface area contributed by atoms with Gasteiger partial charge < -0.3 is 14.6 Å². The van der Waals surface area contributed by atoms with Crippen LogP contribution in [0.4, 0.5) is 0 Å². The van der Waals surface area contributed by atoms with Crippen molar-refractivity contribution in [3.05, 3.63) is 35.9 Å². The van der Waals surface area contributed by atoms with Gasteiger partial charge in [-0.3, -0.25) is 0 Å². The molecule has 18 heavy (non-hydrogen) atoms. The van der Waals surface area contributed by atoms with E-state index in [0.717, 1.165) is 25.9 Å². The first kappa shape index (κ1) is 14.7. The zero-order chi connectivity index (χ0) is 13.1. The van der Waals surface area contributed by atoms with Crippen molar-refractivity contribution in [2.24, 2.45) is 0 Å². The van der Waals surface area contributed by atoms with Crippen molar-refractivity contribution >= 4 is 5.97 Å². The molecule has 100 valence electrons. The second-order valence-electron chi connectivity index (χ2n) is 4.05. The van der Waals surface area contributed by atoms with E-state index in [1.807, 2.05) is 30.3 Å². The Labute approximate surface area is 108 Å². The minimum Gasteiger partial charge on any atom is -0.480 e. The molecule has 0 amide bonds. The Morgan fingerprint density at radius 2 is 1.67 bits per heavy atom. The molecular weight excluding hydrogens is 232 g/mol. The lowest BCUT2D eigenvalue weighted by molar-refractivity contribution is -0.142. The highest BCUT2D eigenvalue weighted by Crippen LogP contribution is 2.02. The van der Waals surface area contributed by atoms with E-state index < -0.39 is 5.97 Å². The predicted molar refractivity (Wildman–Crippen MR) is 68.4 cm³/mol. The van der Waals surface area contributed by atoms with Crippen LogP contribution >= 0.6 is 0 Å². The van der Waals surface area contributed by atoms with Gasteiger partial charge in [0.25, 0.3) is 0 Å². The van der Waals surface area contributed by atoms with Crippen LogP contribution in [0.3, 0.4) is 0 Å². The van der Waals surface area contributed by atoms with Crippen molar-refractivity contribution in [1.29, 1.82) is 0 Å². The van der Waals surface area contributed by atoms with Crippen molar-refractivity contribution in [2.75, 3.05) is 19.8 Å². The molecule has 0 saturated heterocycles. The van der Waals surface area contributed by atoms with Crippen LogP contribution in [0.15, 0.2) is 30.3 Å². The molecule has 1 N–H and O–H groups in total. The number of ether oxygens (including phenoxy) is 2. The second-order valence-corrected chi connectivity index (χ2v) is 4.05. The lowest BCUT2D eigenvalue weighted by Gasteiger charge is -2.04. The van der Waals surface area contributed by atoms with Crippen molar-refractivity contribution in [3.63, 3.8) is 0 Å². The molecule has 4 nitrogen and oxygen atoms in total. The minimum absolute atomic E-state index is 0.204. The summed E-state index contributed by atoms with van der Waals surface area (Å²) < 4.78 is 10.5. The Hall–Kier alpha value is -1.39. The average Bonchev–Trinajstić information content (AvgIpc) is 2.37. The first-order valence-electron chi connectivity index (χ1n) is 6.20. The molecule has 0 aliphatic heterocycles. The van der Waals surface area contributed by atoms with E-state index in [-0.39, 0.29) is 6.61 Å². The van der Waals surface area contributed by atoms with E-state index >= 15 is 0 Å². The van der Waals surface area contributed by atoms with Crippen LogP contribution < -0.4 is 0 Å². The third kappa shape index (κ3) is 7.81. The van der Waals surface area contributed by atoms with Crippen LogP contribution in [0.25, 0.3) is 0 Å². The molecule has 4 heteroatoms. The zero-order valence-electron chi connectivity index (χ0n) is 10.5. The van der Waals surface area contributed by atoms with Crippen molar-refractivity contribution in [2.45, 2.75) is 25.9 Å². The minimum atomic E-state index is -0.916. The standard InChI is InChI=1S/C14H20O4/c15-14(16)12-18-10-6-2-5-9-17-11-13-7-3-1-4-8-13/h1,3-4,7-8H,2,5-6,9-12H2,(H,15,16). The van der Waals surface area contributed by atoms with Gasteiger partial charge in [0, 0.05) is 13.2 Å². The van der Waals surface area contributed by atoms with E-state index in [0.29, 0.717) is 13.2 Å². The maximum absolute atomic E-state index is 10.2. The van der Waals surface area contributed by atoms with Gasteiger partial charge in [-0.15, -0.1) is 0 Å². The number of carboxylic acid groups (broad SMARTS) is 1. The van der Waals surface area contributed by atoms with Crippen LogP contribution in [-0.4, -0.2) is 30.9 Å². The van der Waals surface area contributed by atoms with Gasteiger partial charge in [0.05, 0.1) is 6.61 Å². The van der Waals surface area contributed by atoms with Crippen LogP contribution in [0, 0.1) is 0 Å². The molecule has 1 aromatic rings. The van der Waals surface area contributed by atoms with Crippen molar-refractivity contribution < 1.29 is 19.4 Å². The van der Waals surface area contributed by atoms with Crippen LogP contribution in [0.2, 0.25) is 0 Å². The van der Waals surface area contributed by atoms with E-state index in [1.165, 1.54) is 5.56 Å². The third-order valence-corrected chi connectivity index (χ3v) is 2.41. The molecule has 1 rings (SSSR count). The Morgan fingerprint density at radius 1 is 1.00 bits per heavy atom. The fraction of sp³-hybridized carbons (Fsp3) is 0.500. The van der Waals surface area contributed by atoms with Crippen LogP contribution in [-0.2, 0) is 20.9 Å². The van der Waals surface area contributed by atoms with Gasteiger partial charge in [0.15, 0.2) is 0 Å². The lowest BCUT2D eigenvalue weighted by Crippen LogP contribution is -2.07. The monoisotopic (exact) mass is 252 g/mol. The molecule has 0 atom stereocenters. The topological polar surface area (TPSA) is 55.8 Å². The summed E-state index contributed by atoms with van der Waals surface area (Å²) in [5, 5.41) is 8.35. The van der Waals surface area contributed by atoms with E-state index in [9.17, 15) is 4.79 Å². The molecular formula is C14H20O4. The molecule has 0 aliphatic carbocycles. The maximum Gasteiger partial charge on any atom is 0.329 e. The van der Waals surface area contributed by atoms with E-state index in [1.54, 1.807) is 0 Å². The quantitative estimate of drug-likeness (QED) is 0.650. The summed E-state index contributed by atoms with van der Waals surface area (Å²) in [5.41, 5.74) is 1.18. The Kier molecular flexibility index (Phi) is 7.84. The summed E-state index contributed by atoms with van der Waals surface area (Å²) in [5.74, 6) is -0.916. The van der Waals surface area contributed by atoms with Gasteiger partial charge in [-0.25, -0.2) is 4.79 Å². The molecule has 0 heterocycles. The largest absolute Gasteiger partial charge is 0.480 e.